The van der Waals surface area contributed by atoms with E-state index in [2.05, 4.69) is 22.1 Å². The first kappa shape index (κ1) is 10.2. The summed E-state index contributed by atoms with van der Waals surface area (Å²) in [6, 6.07) is 0. The van der Waals surface area contributed by atoms with Crippen molar-refractivity contribution >= 4 is 0 Å². The van der Waals surface area contributed by atoms with Gasteiger partial charge in [-0.25, -0.2) is 0 Å². The van der Waals surface area contributed by atoms with Crippen LogP contribution < -0.4 is 5.73 Å². The number of hydrogen-bond donors (Lipinski definition) is 2. The summed E-state index contributed by atoms with van der Waals surface area (Å²) in [6.45, 7) is 6.61. The molecule has 0 amide bonds. The van der Waals surface area contributed by atoms with Crippen LogP contribution in [0.25, 0.3) is 0 Å². The van der Waals surface area contributed by atoms with Gasteiger partial charge in [-0.3, -0.25) is 5.10 Å². The minimum Gasteiger partial charge on any atom is -0.329 e. The van der Waals surface area contributed by atoms with Gasteiger partial charge < -0.3 is 10.6 Å². The molecule has 0 unspecified atom stereocenters. The van der Waals surface area contributed by atoms with Crippen molar-refractivity contribution in [2.24, 2.45) is 5.73 Å². The number of nitrogens with two attached hydrogens (primary N) is 1. The minimum atomic E-state index is 0.701. The molecule has 1 aromatic heterocycles. The summed E-state index contributed by atoms with van der Waals surface area (Å²) < 4.78 is 0. The van der Waals surface area contributed by atoms with E-state index < -0.39 is 0 Å². The minimum absolute atomic E-state index is 0.701. The van der Waals surface area contributed by atoms with Gasteiger partial charge in [0.15, 0.2) is 0 Å². The second kappa shape index (κ2) is 4.39. The van der Waals surface area contributed by atoms with Gasteiger partial charge in [-0.2, -0.15) is 5.10 Å². The number of aromatic nitrogens is 2. The molecule has 0 saturated heterocycles. The molecule has 4 nitrogen and oxygen atoms in total. The Kier molecular flexibility index (Phi) is 3.45. The Bertz CT molecular complexity index is 247. The highest BCUT2D eigenvalue weighted by molar-refractivity contribution is 5.22. The van der Waals surface area contributed by atoms with Crippen molar-refractivity contribution in [2.45, 2.75) is 20.4 Å². The molecule has 0 aliphatic heterocycles. The average molecular weight is 182 g/mol. The maximum Gasteiger partial charge on any atom is 0.0639 e. The Morgan fingerprint density at radius 1 is 1.46 bits per heavy atom. The van der Waals surface area contributed by atoms with Crippen LogP contribution in [0.1, 0.15) is 17.0 Å². The van der Waals surface area contributed by atoms with Gasteiger partial charge in [-0.05, 0) is 20.9 Å². The van der Waals surface area contributed by atoms with Crippen LogP contribution in [0.5, 0.6) is 0 Å². The molecule has 1 heterocycles. The second-order valence-electron chi connectivity index (χ2n) is 3.44. The lowest BCUT2D eigenvalue weighted by Crippen LogP contribution is -2.25. The van der Waals surface area contributed by atoms with Gasteiger partial charge in [0.1, 0.15) is 0 Å². The summed E-state index contributed by atoms with van der Waals surface area (Å²) in [6.07, 6.45) is 0. The van der Waals surface area contributed by atoms with E-state index in [-0.39, 0.29) is 0 Å². The number of aryl methyl sites for hydroxylation is 2. The predicted octanol–water partition coefficient (Wildman–Crippen LogP) is 0.417. The van der Waals surface area contributed by atoms with Crippen LogP contribution in [0, 0.1) is 13.8 Å². The molecule has 0 spiro atoms. The Morgan fingerprint density at radius 2 is 2.15 bits per heavy atom. The van der Waals surface area contributed by atoms with Crippen molar-refractivity contribution < 1.29 is 0 Å². The van der Waals surface area contributed by atoms with Crippen LogP contribution in [0.15, 0.2) is 0 Å². The Morgan fingerprint density at radius 3 is 2.62 bits per heavy atom. The first-order valence-corrected chi connectivity index (χ1v) is 4.54. The van der Waals surface area contributed by atoms with Crippen LogP contribution in [-0.2, 0) is 6.54 Å². The van der Waals surface area contributed by atoms with Crippen LogP contribution >= 0.6 is 0 Å². The largest absolute Gasteiger partial charge is 0.329 e. The van der Waals surface area contributed by atoms with Gasteiger partial charge in [-0.15, -0.1) is 0 Å². The summed E-state index contributed by atoms with van der Waals surface area (Å²) in [7, 11) is 2.07. The summed E-state index contributed by atoms with van der Waals surface area (Å²) in [4.78, 5) is 2.20. The lowest BCUT2D eigenvalue weighted by molar-refractivity contribution is 0.335. The van der Waals surface area contributed by atoms with Gasteiger partial charge in [0, 0.05) is 30.9 Å². The molecule has 0 aliphatic carbocycles. The Balaban J connectivity index is 2.62. The standard InChI is InChI=1S/C9H18N4/c1-7-9(8(2)12-11-7)6-13(3)5-4-10/h4-6,10H2,1-3H3,(H,11,12). The fourth-order valence-corrected chi connectivity index (χ4v) is 1.38. The van der Waals surface area contributed by atoms with Gasteiger partial charge in [0.05, 0.1) is 5.69 Å². The summed E-state index contributed by atoms with van der Waals surface area (Å²) in [5, 5.41) is 7.12. The van der Waals surface area contributed by atoms with Crippen molar-refractivity contribution in [3.05, 3.63) is 17.0 Å². The molecule has 0 saturated carbocycles. The molecule has 1 aromatic rings. The summed E-state index contributed by atoms with van der Waals surface area (Å²) in [5.74, 6) is 0. The molecule has 74 valence electrons. The summed E-state index contributed by atoms with van der Waals surface area (Å²) in [5.41, 5.74) is 9.00. The van der Waals surface area contributed by atoms with E-state index in [1.165, 1.54) is 5.56 Å². The van der Waals surface area contributed by atoms with E-state index in [1.54, 1.807) is 0 Å². The SMILES string of the molecule is Cc1n[nH]c(C)c1CN(C)CCN. The maximum atomic E-state index is 5.47. The second-order valence-corrected chi connectivity index (χ2v) is 3.44. The zero-order chi connectivity index (χ0) is 9.84. The molecule has 0 aliphatic rings. The number of H-pyrrole nitrogens is 1. The van der Waals surface area contributed by atoms with Gasteiger partial charge in [-0.1, -0.05) is 0 Å². The maximum absolute atomic E-state index is 5.47. The van der Waals surface area contributed by atoms with Crippen LogP contribution in [0.3, 0.4) is 0 Å². The van der Waals surface area contributed by atoms with Crippen LogP contribution in [0.2, 0.25) is 0 Å². The van der Waals surface area contributed by atoms with Crippen molar-refractivity contribution in [1.82, 2.24) is 15.1 Å². The van der Waals surface area contributed by atoms with Crippen molar-refractivity contribution in [1.29, 1.82) is 0 Å². The van der Waals surface area contributed by atoms with Gasteiger partial charge in [0.25, 0.3) is 0 Å². The topological polar surface area (TPSA) is 57.9 Å². The van der Waals surface area contributed by atoms with E-state index in [0.29, 0.717) is 6.54 Å². The van der Waals surface area contributed by atoms with E-state index in [9.17, 15) is 0 Å². The molecule has 13 heavy (non-hydrogen) atoms. The van der Waals surface area contributed by atoms with Gasteiger partial charge in [0.2, 0.25) is 0 Å². The smallest absolute Gasteiger partial charge is 0.0639 e. The van der Waals surface area contributed by atoms with Crippen LogP contribution in [0.4, 0.5) is 0 Å². The molecule has 0 radical (unpaired) electrons. The van der Waals surface area contributed by atoms with E-state index >= 15 is 0 Å². The zero-order valence-corrected chi connectivity index (χ0v) is 8.59. The number of hydrogen-bond acceptors (Lipinski definition) is 3. The predicted molar refractivity (Wildman–Crippen MR) is 53.5 cm³/mol. The molecular weight excluding hydrogens is 164 g/mol. The van der Waals surface area contributed by atoms with E-state index in [1.807, 2.05) is 13.8 Å². The number of nitrogens with zero attached hydrogens (tertiary/aromatic N) is 2. The monoisotopic (exact) mass is 182 g/mol. The summed E-state index contributed by atoms with van der Waals surface area (Å²) >= 11 is 0. The molecule has 4 heteroatoms. The number of likely N-dealkylation sites (N-methyl/N-ethyl adjacent to an activating group) is 1. The fraction of sp³-hybridized carbons (Fsp3) is 0.667. The van der Waals surface area contributed by atoms with E-state index in [0.717, 1.165) is 24.5 Å². The third kappa shape index (κ3) is 2.54. The average Bonchev–Trinajstić information content (AvgIpc) is 2.36. The van der Waals surface area contributed by atoms with Crippen LogP contribution in [-0.4, -0.2) is 35.2 Å². The molecule has 0 atom stereocenters. The quantitative estimate of drug-likeness (QED) is 0.709. The first-order chi connectivity index (χ1) is 6.15. The highest BCUT2D eigenvalue weighted by Gasteiger charge is 2.07. The number of aromatic amines is 1. The van der Waals surface area contributed by atoms with Crippen molar-refractivity contribution in [3.63, 3.8) is 0 Å². The molecular formula is C9H18N4. The molecule has 1 rings (SSSR count). The Hall–Kier alpha value is -0.870. The van der Waals surface area contributed by atoms with Crippen molar-refractivity contribution in [2.75, 3.05) is 20.1 Å². The highest BCUT2D eigenvalue weighted by Crippen LogP contribution is 2.10. The third-order valence-corrected chi connectivity index (χ3v) is 2.22. The lowest BCUT2D eigenvalue weighted by Gasteiger charge is -2.15. The lowest BCUT2D eigenvalue weighted by atomic mass is 10.2. The normalized spacial score (nSPS) is 11.2. The molecule has 3 N–H and O–H groups in total. The van der Waals surface area contributed by atoms with Crippen molar-refractivity contribution in [3.8, 4) is 0 Å². The Labute approximate surface area is 79.1 Å². The zero-order valence-electron chi connectivity index (χ0n) is 8.59. The number of nitrogens with one attached hydrogen (secondary N) is 1. The fourth-order valence-electron chi connectivity index (χ4n) is 1.38. The molecule has 0 fully saturated rings. The third-order valence-electron chi connectivity index (χ3n) is 2.22. The molecule has 0 bridgehead atoms. The van der Waals surface area contributed by atoms with E-state index in [4.69, 9.17) is 5.73 Å². The highest BCUT2D eigenvalue weighted by atomic mass is 15.1. The molecule has 0 aromatic carbocycles. The van der Waals surface area contributed by atoms with Gasteiger partial charge >= 0.3 is 0 Å². The first-order valence-electron chi connectivity index (χ1n) is 4.54. The number of rotatable bonds is 4.